The van der Waals surface area contributed by atoms with Crippen LogP contribution in [-0.4, -0.2) is 6.54 Å². The number of nitrogens with one attached hydrogen (secondary N) is 1. The molecule has 0 radical (unpaired) electrons. The van der Waals surface area contributed by atoms with Gasteiger partial charge in [0, 0.05) is 22.1 Å². The van der Waals surface area contributed by atoms with E-state index in [-0.39, 0.29) is 0 Å². The number of fused-ring (bicyclic) bond motifs is 1. The monoisotopic (exact) mass is 317 g/mol. The van der Waals surface area contributed by atoms with Gasteiger partial charge in [-0.25, -0.2) is 0 Å². The first-order chi connectivity index (χ1) is 9.34. The minimum atomic E-state index is 0.858. The summed E-state index contributed by atoms with van der Waals surface area (Å²) in [4.78, 5) is 0. The van der Waals surface area contributed by atoms with Crippen LogP contribution in [0.5, 0.6) is 0 Å². The summed E-state index contributed by atoms with van der Waals surface area (Å²) in [7, 11) is 0. The molecular formula is C17H20BrN. The van der Waals surface area contributed by atoms with Crippen molar-refractivity contribution in [1.82, 2.24) is 0 Å². The molecule has 0 spiro atoms. The molecule has 1 aliphatic rings. The van der Waals surface area contributed by atoms with Gasteiger partial charge in [0.05, 0.1) is 0 Å². The van der Waals surface area contributed by atoms with Crippen molar-refractivity contribution in [2.75, 3.05) is 11.9 Å². The SMILES string of the molecule is Brc1ccc(NCC2CCCCC2)c2ccccc12. The maximum atomic E-state index is 3.66. The van der Waals surface area contributed by atoms with Crippen LogP contribution in [0.15, 0.2) is 40.9 Å². The Labute approximate surface area is 123 Å². The topological polar surface area (TPSA) is 12.0 Å². The maximum Gasteiger partial charge on any atom is 0.0420 e. The maximum absolute atomic E-state index is 3.66. The van der Waals surface area contributed by atoms with Gasteiger partial charge in [-0.1, -0.05) is 59.5 Å². The van der Waals surface area contributed by atoms with Crippen molar-refractivity contribution < 1.29 is 0 Å². The van der Waals surface area contributed by atoms with Crippen LogP contribution in [0.4, 0.5) is 5.69 Å². The smallest absolute Gasteiger partial charge is 0.0420 e. The molecule has 2 heteroatoms. The van der Waals surface area contributed by atoms with Gasteiger partial charge in [-0.05, 0) is 36.3 Å². The van der Waals surface area contributed by atoms with Gasteiger partial charge >= 0.3 is 0 Å². The van der Waals surface area contributed by atoms with E-state index in [1.807, 2.05) is 0 Å². The Bertz CT molecular complexity index is 558. The molecule has 0 aromatic heterocycles. The molecule has 100 valence electrons. The highest BCUT2D eigenvalue weighted by Crippen LogP contribution is 2.31. The van der Waals surface area contributed by atoms with Crippen molar-refractivity contribution in [2.24, 2.45) is 5.92 Å². The highest BCUT2D eigenvalue weighted by atomic mass is 79.9. The summed E-state index contributed by atoms with van der Waals surface area (Å²) in [6, 6.07) is 12.9. The van der Waals surface area contributed by atoms with Gasteiger partial charge in [-0.3, -0.25) is 0 Å². The zero-order valence-corrected chi connectivity index (χ0v) is 12.7. The van der Waals surface area contributed by atoms with Crippen LogP contribution < -0.4 is 5.32 Å². The Morgan fingerprint density at radius 3 is 2.47 bits per heavy atom. The van der Waals surface area contributed by atoms with Crippen LogP contribution in [0.25, 0.3) is 10.8 Å². The summed E-state index contributed by atoms with van der Waals surface area (Å²) in [5, 5.41) is 6.26. The third-order valence-electron chi connectivity index (χ3n) is 4.18. The van der Waals surface area contributed by atoms with Gasteiger partial charge in [0.25, 0.3) is 0 Å². The van der Waals surface area contributed by atoms with E-state index >= 15 is 0 Å². The van der Waals surface area contributed by atoms with Gasteiger partial charge in [-0.2, -0.15) is 0 Å². The second kappa shape index (κ2) is 5.96. The lowest BCUT2D eigenvalue weighted by Crippen LogP contribution is -2.17. The summed E-state index contributed by atoms with van der Waals surface area (Å²) < 4.78 is 1.17. The predicted molar refractivity (Wildman–Crippen MR) is 86.7 cm³/mol. The molecular weight excluding hydrogens is 298 g/mol. The number of benzene rings is 2. The average molecular weight is 318 g/mol. The van der Waals surface area contributed by atoms with E-state index in [4.69, 9.17) is 0 Å². The summed E-state index contributed by atoms with van der Waals surface area (Å²) in [5.74, 6) is 0.858. The highest BCUT2D eigenvalue weighted by Gasteiger charge is 2.13. The first-order valence-corrected chi connectivity index (χ1v) is 8.05. The molecule has 0 saturated heterocycles. The lowest BCUT2D eigenvalue weighted by molar-refractivity contribution is 0.373. The normalized spacial score (nSPS) is 16.7. The van der Waals surface area contributed by atoms with Gasteiger partial charge in [-0.15, -0.1) is 0 Å². The third kappa shape index (κ3) is 2.94. The summed E-state index contributed by atoms with van der Waals surface area (Å²) in [6.45, 7) is 1.12. The van der Waals surface area contributed by atoms with Crippen molar-refractivity contribution in [3.05, 3.63) is 40.9 Å². The summed E-state index contributed by atoms with van der Waals surface area (Å²) in [6.07, 6.45) is 7.03. The fourth-order valence-electron chi connectivity index (χ4n) is 3.06. The number of hydrogen-bond donors (Lipinski definition) is 1. The zero-order chi connectivity index (χ0) is 13.1. The van der Waals surface area contributed by atoms with Crippen molar-refractivity contribution >= 4 is 32.4 Å². The molecule has 1 N–H and O–H groups in total. The Morgan fingerprint density at radius 2 is 1.68 bits per heavy atom. The van der Waals surface area contributed by atoms with Crippen molar-refractivity contribution in [3.8, 4) is 0 Å². The summed E-state index contributed by atoms with van der Waals surface area (Å²) >= 11 is 3.63. The molecule has 19 heavy (non-hydrogen) atoms. The van der Waals surface area contributed by atoms with Crippen molar-refractivity contribution in [2.45, 2.75) is 32.1 Å². The van der Waals surface area contributed by atoms with Crippen LogP contribution in [0.3, 0.4) is 0 Å². The largest absolute Gasteiger partial charge is 0.384 e. The molecule has 0 heterocycles. The highest BCUT2D eigenvalue weighted by molar-refractivity contribution is 9.10. The zero-order valence-electron chi connectivity index (χ0n) is 11.2. The molecule has 0 atom stereocenters. The molecule has 0 unspecified atom stereocenters. The van der Waals surface area contributed by atoms with Gasteiger partial charge in [0.2, 0.25) is 0 Å². The molecule has 3 rings (SSSR count). The lowest BCUT2D eigenvalue weighted by Gasteiger charge is -2.22. The summed E-state index contributed by atoms with van der Waals surface area (Å²) in [5.41, 5.74) is 1.27. The standard InChI is InChI=1S/C17H20BrN/c18-16-10-11-17(15-9-5-4-8-14(15)16)19-12-13-6-2-1-3-7-13/h4-5,8-11,13,19H,1-3,6-7,12H2. The van der Waals surface area contributed by atoms with E-state index in [1.54, 1.807) is 0 Å². The molecule has 2 aromatic rings. The first-order valence-electron chi connectivity index (χ1n) is 7.26. The third-order valence-corrected chi connectivity index (χ3v) is 4.87. The predicted octanol–water partition coefficient (Wildman–Crippen LogP) is 5.59. The van der Waals surface area contributed by atoms with E-state index in [2.05, 4.69) is 57.6 Å². The molecule has 0 bridgehead atoms. The fraction of sp³-hybridized carbons (Fsp3) is 0.412. The number of rotatable bonds is 3. The van der Waals surface area contributed by atoms with Crippen LogP contribution in [0.1, 0.15) is 32.1 Å². The second-order valence-electron chi connectivity index (χ2n) is 5.53. The van der Waals surface area contributed by atoms with Crippen LogP contribution in [-0.2, 0) is 0 Å². The van der Waals surface area contributed by atoms with Crippen molar-refractivity contribution in [1.29, 1.82) is 0 Å². The molecule has 1 aliphatic carbocycles. The van der Waals surface area contributed by atoms with E-state index in [0.717, 1.165) is 12.5 Å². The average Bonchev–Trinajstić information content (AvgIpc) is 2.48. The van der Waals surface area contributed by atoms with Crippen LogP contribution in [0.2, 0.25) is 0 Å². The molecule has 1 fully saturated rings. The van der Waals surface area contributed by atoms with E-state index in [9.17, 15) is 0 Å². The molecule has 2 aromatic carbocycles. The number of hydrogen-bond acceptors (Lipinski definition) is 1. The van der Waals surface area contributed by atoms with Crippen LogP contribution >= 0.6 is 15.9 Å². The minimum Gasteiger partial charge on any atom is -0.384 e. The molecule has 1 nitrogen and oxygen atoms in total. The number of anilines is 1. The van der Waals surface area contributed by atoms with Gasteiger partial charge < -0.3 is 5.32 Å². The van der Waals surface area contributed by atoms with Crippen LogP contribution in [0, 0.1) is 5.92 Å². The second-order valence-corrected chi connectivity index (χ2v) is 6.38. The van der Waals surface area contributed by atoms with E-state index < -0.39 is 0 Å². The lowest BCUT2D eigenvalue weighted by atomic mass is 9.89. The molecule has 0 aliphatic heterocycles. The quantitative estimate of drug-likeness (QED) is 0.777. The Hall–Kier alpha value is -1.02. The van der Waals surface area contributed by atoms with Gasteiger partial charge in [0.15, 0.2) is 0 Å². The Kier molecular flexibility index (Phi) is 4.07. The van der Waals surface area contributed by atoms with Crippen molar-refractivity contribution in [3.63, 3.8) is 0 Å². The minimum absolute atomic E-state index is 0.858. The van der Waals surface area contributed by atoms with E-state index in [0.29, 0.717) is 0 Å². The first kappa shape index (κ1) is 13.0. The number of halogens is 1. The Balaban J connectivity index is 1.79. The fourth-order valence-corrected chi connectivity index (χ4v) is 3.54. The van der Waals surface area contributed by atoms with E-state index in [1.165, 1.54) is 53.0 Å². The Morgan fingerprint density at radius 1 is 0.947 bits per heavy atom. The molecule has 0 amide bonds. The molecule has 1 saturated carbocycles. The van der Waals surface area contributed by atoms with Gasteiger partial charge in [0.1, 0.15) is 0 Å².